The summed E-state index contributed by atoms with van der Waals surface area (Å²) >= 11 is 0. The number of allylic oxidation sites excluding steroid dienone is 4. The number of hydrogen-bond acceptors (Lipinski definition) is 3. The van der Waals surface area contributed by atoms with Crippen molar-refractivity contribution in [2.24, 2.45) is 0 Å². The number of fused-ring (bicyclic) bond motifs is 1. The molecule has 2 aliphatic carbocycles. The lowest BCUT2D eigenvalue weighted by Crippen LogP contribution is -2.04. The predicted molar refractivity (Wildman–Crippen MR) is 75.7 cm³/mol. The van der Waals surface area contributed by atoms with Gasteiger partial charge in [-0.15, -0.1) is 0 Å². The smallest absolute Gasteiger partial charge is 0.161 e. The van der Waals surface area contributed by atoms with Crippen LogP contribution in [0.1, 0.15) is 42.9 Å². The largest absolute Gasteiger partial charge is 0.384 e. The van der Waals surface area contributed by atoms with Gasteiger partial charge in [0.1, 0.15) is 5.82 Å². The molecular weight excluding hydrogens is 236 g/mol. The van der Waals surface area contributed by atoms with Gasteiger partial charge in [0.25, 0.3) is 0 Å². The Morgan fingerprint density at radius 2 is 2.21 bits per heavy atom. The maximum atomic E-state index is 6.11. The van der Waals surface area contributed by atoms with Gasteiger partial charge in [0.15, 0.2) is 5.65 Å². The lowest BCUT2D eigenvalue weighted by Gasteiger charge is -2.10. The second-order valence-corrected chi connectivity index (χ2v) is 5.33. The number of aromatic nitrogens is 3. The van der Waals surface area contributed by atoms with E-state index in [9.17, 15) is 0 Å². The topological polar surface area (TPSA) is 56.2 Å². The third-order valence-electron chi connectivity index (χ3n) is 3.89. The van der Waals surface area contributed by atoms with Crippen LogP contribution >= 0.6 is 0 Å². The van der Waals surface area contributed by atoms with Crippen LogP contribution in [0.5, 0.6) is 0 Å². The molecule has 96 valence electrons. The normalized spacial score (nSPS) is 18.8. The Bertz CT molecular complexity index is 704. The van der Waals surface area contributed by atoms with Gasteiger partial charge in [-0.2, -0.15) is 9.61 Å². The molecule has 0 atom stereocenters. The zero-order chi connectivity index (χ0) is 12.8. The van der Waals surface area contributed by atoms with Crippen LogP contribution in [0.3, 0.4) is 0 Å². The summed E-state index contributed by atoms with van der Waals surface area (Å²) in [5, 5.41) is 4.36. The fraction of sp³-hybridized carbons (Fsp3) is 0.333. The van der Waals surface area contributed by atoms with E-state index >= 15 is 0 Å². The molecule has 4 rings (SSSR count). The Morgan fingerprint density at radius 3 is 2.95 bits per heavy atom. The average Bonchev–Trinajstić information content (AvgIpc) is 3.19. The van der Waals surface area contributed by atoms with Crippen molar-refractivity contribution in [3.63, 3.8) is 0 Å². The van der Waals surface area contributed by atoms with Gasteiger partial charge in [-0.3, -0.25) is 0 Å². The van der Waals surface area contributed by atoms with Crippen molar-refractivity contribution >= 4 is 17.0 Å². The van der Waals surface area contributed by atoms with Crippen molar-refractivity contribution in [1.29, 1.82) is 0 Å². The van der Waals surface area contributed by atoms with E-state index in [2.05, 4.69) is 23.3 Å². The Hall–Kier alpha value is -2.10. The van der Waals surface area contributed by atoms with E-state index in [4.69, 9.17) is 10.7 Å². The lowest BCUT2D eigenvalue weighted by atomic mass is 10.0. The third-order valence-corrected chi connectivity index (χ3v) is 3.89. The van der Waals surface area contributed by atoms with Gasteiger partial charge in [0.05, 0.1) is 11.9 Å². The predicted octanol–water partition coefficient (Wildman–Crippen LogP) is 2.92. The molecule has 2 N–H and O–H groups in total. The molecule has 1 fully saturated rings. The molecule has 4 heteroatoms. The van der Waals surface area contributed by atoms with Gasteiger partial charge in [0, 0.05) is 11.6 Å². The molecule has 2 aliphatic rings. The minimum atomic E-state index is 0.639. The van der Waals surface area contributed by atoms with Crippen molar-refractivity contribution < 1.29 is 0 Å². The quantitative estimate of drug-likeness (QED) is 0.894. The maximum absolute atomic E-state index is 6.11. The third kappa shape index (κ3) is 1.75. The number of anilines is 1. The van der Waals surface area contributed by atoms with Gasteiger partial charge < -0.3 is 5.73 Å². The van der Waals surface area contributed by atoms with Crippen LogP contribution < -0.4 is 5.73 Å². The molecule has 0 aromatic carbocycles. The Kier molecular flexibility index (Phi) is 2.24. The van der Waals surface area contributed by atoms with Crippen LogP contribution in [0.25, 0.3) is 11.2 Å². The zero-order valence-electron chi connectivity index (χ0n) is 10.7. The van der Waals surface area contributed by atoms with Crippen molar-refractivity contribution in [3.8, 4) is 0 Å². The first kappa shape index (κ1) is 10.8. The highest BCUT2D eigenvalue weighted by Crippen LogP contribution is 2.42. The second kappa shape index (κ2) is 3.95. The summed E-state index contributed by atoms with van der Waals surface area (Å²) < 4.78 is 1.76. The van der Waals surface area contributed by atoms with E-state index in [0.717, 1.165) is 24.2 Å². The Morgan fingerprint density at radius 1 is 1.32 bits per heavy atom. The Balaban J connectivity index is 1.90. The molecule has 0 unspecified atom stereocenters. The molecular formula is C15H16N4. The van der Waals surface area contributed by atoms with E-state index in [1.54, 1.807) is 4.52 Å². The summed E-state index contributed by atoms with van der Waals surface area (Å²) in [4.78, 5) is 4.80. The van der Waals surface area contributed by atoms with Crippen LogP contribution in [-0.2, 0) is 0 Å². The molecule has 2 heterocycles. The first-order valence-electron chi connectivity index (χ1n) is 6.83. The van der Waals surface area contributed by atoms with Crippen LogP contribution in [0, 0.1) is 0 Å². The summed E-state index contributed by atoms with van der Waals surface area (Å²) in [6.07, 6.45) is 12.9. The first-order valence-corrected chi connectivity index (χ1v) is 6.83. The molecule has 0 spiro atoms. The fourth-order valence-corrected chi connectivity index (χ4v) is 2.67. The van der Waals surface area contributed by atoms with Gasteiger partial charge in [0.2, 0.25) is 0 Å². The number of nitrogens with zero attached hydrogens (tertiary/aromatic N) is 3. The molecule has 4 nitrogen and oxygen atoms in total. The highest BCUT2D eigenvalue weighted by atomic mass is 15.3. The van der Waals surface area contributed by atoms with Gasteiger partial charge in [-0.25, -0.2) is 4.98 Å². The molecule has 0 saturated heterocycles. The molecule has 0 bridgehead atoms. The van der Waals surface area contributed by atoms with Gasteiger partial charge >= 0.3 is 0 Å². The lowest BCUT2D eigenvalue weighted by molar-refractivity contribution is 0.942. The fourth-order valence-electron chi connectivity index (χ4n) is 2.67. The summed E-state index contributed by atoms with van der Waals surface area (Å²) in [6.45, 7) is 0. The van der Waals surface area contributed by atoms with Gasteiger partial charge in [-0.1, -0.05) is 18.2 Å². The molecule has 2 aromatic heterocycles. The van der Waals surface area contributed by atoms with Gasteiger partial charge in [-0.05, 0) is 37.2 Å². The number of nitrogens with two attached hydrogens (primary N) is 1. The number of hydrogen-bond donors (Lipinski definition) is 1. The summed E-state index contributed by atoms with van der Waals surface area (Å²) in [7, 11) is 0. The molecule has 0 aliphatic heterocycles. The number of nitrogen functional groups attached to an aromatic ring is 1. The zero-order valence-corrected chi connectivity index (χ0v) is 10.7. The first-order chi connectivity index (χ1) is 9.33. The second-order valence-electron chi connectivity index (χ2n) is 5.33. The van der Waals surface area contributed by atoms with E-state index in [-0.39, 0.29) is 0 Å². The highest BCUT2D eigenvalue weighted by Gasteiger charge is 2.28. The number of rotatable bonds is 2. The van der Waals surface area contributed by atoms with E-state index in [1.807, 2.05) is 12.3 Å². The summed E-state index contributed by atoms with van der Waals surface area (Å²) in [6, 6.07) is 1.93. The standard InChI is InChI=1S/C15H16N4/c16-14-8-13(11-4-2-1-3-5-11)18-15-12(10-6-7-10)9-17-19(14)15/h1-2,4,8-10H,3,5-7,16H2. The van der Waals surface area contributed by atoms with E-state index < -0.39 is 0 Å². The van der Waals surface area contributed by atoms with Crippen molar-refractivity contribution in [2.45, 2.75) is 31.6 Å². The SMILES string of the molecule is Nc1cc(C2=CC=CCC2)nc2c(C3CC3)cnn12. The molecule has 2 aromatic rings. The van der Waals surface area contributed by atoms with E-state index in [0.29, 0.717) is 11.7 Å². The Labute approximate surface area is 111 Å². The van der Waals surface area contributed by atoms with Crippen LogP contribution in [0.2, 0.25) is 0 Å². The minimum absolute atomic E-state index is 0.639. The monoisotopic (exact) mass is 252 g/mol. The highest BCUT2D eigenvalue weighted by molar-refractivity contribution is 5.70. The maximum Gasteiger partial charge on any atom is 0.161 e. The minimum Gasteiger partial charge on any atom is -0.384 e. The molecule has 0 amide bonds. The summed E-state index contributed by atoms with van der Waals surface area (Å²) in [5.41, 5.74) is 10.6. The molecule has 1 saturated carbocycles. The van der Waals surface area contributed by atoms with Crippen LogP contribution in [0.15, 0.2) is 30.5 Å². The molecule has 0 radical (unpaired) electrons. The van der Waals surface area contributed by atoms with Crippen molar-refractivity contribution in [3.05, 3.63) is 41.7 Å². The molecule has 19 heavy (non-hydrogen) atoms. The van der Waals surface area contributed by atoms with Crippen molar-refractivity contribution in [2.75, 3.05) is 5.73 Å². The van der Waals surface area contributed by atoms with E-state index in [1.165, 1.54) is 24.0 Å². The van der Waals surface area contributed by atoms with Crippen molar-refractivity contribution in [1.82, 2.24) is 14.6 Å². The average molecular weight is 252 g/mol. The summed E-state index contributed by atoms with van der Waals surface area (Å²) in [5.74, 6) is 1.31. The van der Waals surface area contributed by atoms with Crippen LogP contribution in [0.4, 0.5) is 5.82 Å². The van der Waals surface area contributed by atoms with Crippen LogP contribution in [-0.4, -0.2) is 14.6 Å².